The molecular formula is C18H29N3O2. The molecule has 0 unspecified atom stereocenters. The molecular weight excluding hydrogens is 290 g/mol. The number of ether oxygens (including phenoxy) is 2. The Morgan fingerprint density at radius 2 is 1.87 bits per heavy atom. The van der Waals surface area contributed by atoms with E-state index in [9.17, 15) is 0 Å². The third kappa shape index (κ3) is 5.05. The highest BCUT2D eigenvalue weighted by Crippen LogP contribution is 2.35. The van der Waals surface area contributed by atoms with Crippen LogP contribution in [0.25, 0.3) is 0 Å². The first-order valence-electron chi connectivity index (χ1n) is 8.63. The minimum atomic E-state index is 0.302. The van der Waals surface area contributed by atoms with Crippen LogP contribution in [0.3, 0.4) is 0 Å². The summed E-state index contributed by atoms with van der Waals surface area (Å²) in [5.41, 5.74) is 1.06. The number of rotatable bonds is 7. The Bertz CT molecular complexity index is 503. The molecule has 2 N–H and O–H groups in total. The average Bonchev–Trinajstić information content (AvgIpc) is 3.07. The third-order valence-electron chi connectivity index (χ3n) is 3.96. The van der Waals surface area contributed by atoms with Gasteiger partial charge in [0.25, 0.3) is 0 Å². The molecule has 2 rings (SSSR count). The van der Waals surface area contributed by atoms with Gasteiger partial charge >= 0.3 is 0 Å². The molecule has 23 heavy (non-hydrogen) atoms. The van der Waals surface area contributed by atoms with Crippen molar-refractivity contribution < 1.29 is 9.47 Å². The van der Waals surface area contributed by atoms with Gasteiger partial charge in [-0.1, -0.05) is 12.1 Å². The van der Waals surface area contributed by atoms with Crippen LogP contribution in [0.15, 0.2) is 23.2 Å². The number of para-hydroxylation sites is 1. The van der Waals surface area contributed by atoms with Crippen LogP contribution in [0.4, 0.5) is 0 Å². The summed E-state index contributed by atoms with van der Waals surface area (Å²) in [4.78, 5) is 4.64. The van der Waals surface area contributed by atoms with Crippen LogP contribution in [0.1, 0.15) is 45.1 Å². The molecule has 0 bridgehead atoms. The van der Waals surface area contributed by atoms with Crippen LogP contribution < -0.4 is 20.1 Å². The van der Waals surface area contributed by atoms with Gasteiger partial charge in [-0.3, -0.25) is 0 Å². The summed E-state index contributed by atoms with van der Waals surface area (Å²) in [6.07, 6.45) is 5.05. The van der Waals surface area contributed by atoms with Gasteiger partial charge in [0.05, 0.1) is 19.8 Å². The lowest BCUT2D eigenvalue weighted by atomic mass is 10.1. The molecule has 0 amide bonds. The van der Waals surface area contributed by atoms with E-state index in [-0.39, 0.29) is 0 Å². The molecule has 1 aromatic rings. The fourth-order valence-corrected chi connectivity index (χ4v) is 2.83. The second-order valence-electron chi connectivity index (χ2n) is 5.70. The predicted octanol–water partition coefficient (Wildman–Crippen LogP) is 3.09. The number of aliphatic imine (C=N–C) groups is 1. The molecule has 0 spiro atoms. The Balaban J connectivity index is 2.17. The van der Waals surface area contributed by atoms with Crippen molar-refractivity contribution in [2.75, 3.05) is 20.2 Å². The molecule has 0 atom stereocenters. The first-order chi connectivity index (χ1) is 11.3. The van der Waals surface area contributed by atoms with Crippen molar-refractivity contribution in [1.82, 2.24) is 10.6 Å². The first kappa shape index (κ1) is 17.4. The quantitative estimate of drug-likeness (QED) is 0.599. The molecule has 0 saturated heterocycles. The number of hydrogen-bond donors (Lipinski definition) is 2. The highest BCUT2D eigenvalue weighted by molar-refractivity contribution is 5.79. The van der Waals surface area contributed by atoms with E-state index in [1.165, 1.54) is 12.8 Å². The number of nitrogens with one attached hydrogen (secondary N) is 2. The zero-order valence-corrected chi connectivity index (χ0v) is 14.5. The SMILES string of the molecule is CCNC(=NCc1cccc(OC)c1OC1CCCC1)NCC. The number of guanidine groups is 1. The van der Waals surface area contributed by atoms with Crippen molar-refractivity contribution in [3.05, 3.63) is 23.8 Å². The second-order valence-corrected chi connectivity index (χ2v) is 5.70. The van der Waals surface area contributed by atoms with Gasteiger partial charge in [-0.2, -0.15) is 0 Å². The summed E-state index contributed by atoms with van der Waals surface area (Å²) in [6.45, 7) is 6.37. The normalized spacial score (nSPS) is 14.4. The molecule has 128 valence electrons. The third-order valence-corrected chi connectivity index (χ3v) is 3.96. The van der Waals surface area contributed by atoms with Gasteiger partial charge in [0.15, 0.2) is 17.5 Å². The molecule has 5 nitrogen and oxygen atoms in total. The number of methoxy groups -OCH3 is 1. The number of benzene rings is 1. The Hall–Kier alpha value is -1.91. The van der Waals surface area contributed by atoms with Crippen molar-refractivity contribution in [3.8, 4) is 11.5 Å². The maximum Gasteiger partial charge on any atom is 0.191 e. The van der Waals surface area contributed by atoms with E-state index in [0.717, 1.165) is 49.0 Å². The Morgan fingerprint density at radius 1 is 1.17 bits per heavy atom. The lowest BCUT2D eigenvalue weighted by molar-refractivity contribution is 0.198. The highest BCUT2D eigenvalue weighted by Gasteiger charge is 2.20. The van der Waals surface area contributed by atoms with Crippen molar-refractivity contribution >= 4 is 5.96 Å². The lowest BCUT2D eigenvalue weighted by Crippen LogP contribution is -2.37. The summed E-state index contributed by atoms with van der Waals surface area (Å²) < 4.78 is 11.7. The van der Waals surface area contributed by atoms with E-state index in [1.807, 2.05) is 12.1 Å². The molecule has 1 aromatic carbocycles. The molecule has 1 fully saturated rings. The van der Waals surface area contributed by atoms with Crippen molar-refractivity contribution in [2.45, 2.75) is 52.2 Å². The van der Waals surface area contributed by atoms with Gasteiger partial charge < -0.3 is 20.1 Å². The highest BCUT2D eigenvalue weighted by atomic mass is 16.5. The zero-order valence-electron chi connectivity index (χ0n) is 14.5. The van der Waals surface area contributed by atoms with Crippen LogP contribution in [-0.2, 0) is 6.54 Å². The monoisotopic (exact) mass is 319 g/mol. The Morgan fingerprint density at radius 3 is 2.48 bits per heavy atom. The Kier molecular flexibility index (Phi) is 7.04. The van der Waals surface area contributed by atoms with Crippen molar-refractivity contribution in [1.29, 1.82) is 0 Å². The van der Waals surface area contributed by atoms with Crippen LogP contribution in [-0.4, -0.2) is 32.3 Å². The van der Waals surface area contributed by atoms with E-state index in [1.54, 1.807) is 7.11 Å². The molecule has 0 radical (unpaired) electrons. The van der Waals surface area contributed by atoms with Crippen LogP contribution in [0, 0.1) is 0 Å². The summed E-state index contributed by atoms with van der Waals surface area (Å²) >= 11 is 0. The zero-order chi connectivity index (χ0) is 16.5. The smallest absolute Gasteiger partial charge is 0.191 e. The second kappa shape index (κ2) is 9.28. The maximum absolute atomic E-state index is 6.25. The molecule has 0 aromatic heterocycles. The molecule has 1 saturated carbocycles. The standard InChI is InChI=1S/C18H29N3O2/c1-4-19-18(20-5-2)21-13-14-9-8-12-16(22-3)17(14)23-15-10-6-7-11-15/h8-9,12,15H,4-7,10-11,13H2,1-3H3,(H2,19,20,21). The van der Waals surface area contributed by atoms with Crippen LogP contribution >= 0.6 is 0 Å². The number of hydrogen-bond acceptors (Lipinski definition) is 3. The summed E-state index contributed by atoms with van der Waals surface area (Å²) in [7, 11) is 1.69. The van der Waals surface area contributed by atoms with Crippen LogP contribution in [0.2, 0.25) is 0 Å². The topological polar surface area (TPSA) is 54.9 Å². The fraction of sp³-hybridized carbons (Fsp3) is 0.611. The van der Waals surface area contributed by atoms with Crippen molar-refractivity contribution in [2.24, 2.45) is 4.99 Å². The van der Waals surface area contributed by atoms with Gasteiger partial charge in [0.1, 0.15) is 0 Å². The number of nitrogens with zero attached hydrogens (tertiary/aromatic N) is 1. The van der Waals surface area contributed by atoms with Gasteiger partial charge in [-0.15, -0.1) is 0 Å². The fourth-order valence-electron chi connectivity index (χ4n) is 2.83. The minimum absolute atomic E-state index is 0.302. The van der Waals surface area contributed by atoms with Gasteiger partial charge in [0.2, 0.25) is 0 Å². The molecule has 1 aliphatic carbocycles. The maximum atomic E-state index is 6.25. The van der Waals surface area contributed by atoms with Crippen LogP contribution in [0.5, 0.6) is 11.5 Å². The van der Waals surface area contributed by atoms with E-state index in [4.69, 9.17) is 9.47 Å². The summed E-state index contributed by atoms with van der Waals surface area (Å²) in [6, 6.07) is 6.00. The van der Waals surface area contributed by atoms with E-state index < -0.39 is 0 Å². The van der Waals surface area contributed by atoms with Crippen molar-refractivity contribution in [3.63, 3.8) is 0 Å². The largest absolute Gasteiger partial charge is 0.493 e. The van der Waals surface area contributed by atoms with Gasteiger partial charge in [-0.25, -0.2) is 4.99 Å². The Labute approximate surface area is 139 Å². The van der Waals surface area contributed by atoms with Gasteiger partial charge in [0, 0.05) is 18.7 Å². The average molecular weight is 319 g/mol. The first-order valence-corrected chi connectivity index (χ1v) is 8.63. The van der Waals surface area contributed by atoms with E-state index in [2.05, 4.69) is 35.5 Å². The predicted molar refractivity (Wildman–Crippen MR) is 94.4 cm³/mol. The molecule has 0 aliphatic heterocycles. The van der Waals surface area contributed by atoms with Gasteiger partial charge in [-0.05, 0) is 45.6 Å². The van der Waals surface area contributed by atoms with E-state index in [0.29, 0.717) is 12.6 Å². The molecule has 5 heteroatoms. The summed E-state index contributed by atoms with van der Waals surface area (Å²) in [5.74, 6) is 2.46. The lowest BCUT2D eigenvalue weighted by Gasteiger charge is -2.19. The van der Waals surface area contributed by atoms with E-state index >= 15 is 0 Å². The molecule has 1 aliphatic rings. The molecule has 0 heterocycles. The minimum Gasteiger partial charge on any atom is -0.493 e. The summed E-state index contributed by atoms with van der Waals surface area (Å²) in [5, 5.41) is 6.48.